The number of hydrogen-bond acceptors (Lipinski definition) is 6. The first kappa shape index (κ1) is 16.0. The first-order valence-corrected chi connectivity index (χ1v) is 7.38. The Morgan fingerprint density at radius 3 is 2.91 bits per heavy atom. The molecule has 0 unspecified atom stereocenters. The lowest BCUT2D eigenvalue weighted by atomic mass is 10.0. The number of rotatable bonds is 8. The van der Waals surface area contributed by atoms with Crippen LogP contribution in [0.25, 0.3) is 11.3 Å². The average molecular weight is 302 g/mol. The van der Waals surface area contributed by atoms with Crippen LogP contribution in [0.4, 0.5) is 5.95 Å². The van der Waals surface area contributed by atoms with Crippen molar-refractivity contribution in [2.45, 2.75) is 33.1 Å². The first-order chi connectivity index (χ1) is 10.6. The van der Waals surface area contributed by atoms with Crippen LogP contribution in [-0.2, 0) is 4.74 Å². The molecule has 0 saturated carbocycles. The van der Waals surface area contributed by atoms with Crippen LogP contribution in [0, 0.1) is 6.92 Å². The lowest BCUT2D eigenvalue weighted by Crippen LogP contribution is -2.09. The summed E-state index contributed by atoms with van der Waals surface area (Å²) in [4.78, 5) is 8.96. The second-order valence-corrected chi connectivity index (χ2v) is 5.30. The summed E-state index contributed by atoms with van der Waals surface area (Å²) in [6.45, 7) is 11.0. The minimum atomic E-state index is 0.257. The zero-order valence-electron chi connectivity index (χ0n) is 13.3. The van der Waals surface area contributed by atoms with Gasteiger partial charge in [0, 0.05) is 18.8 Å². The van der Waals surface area contributed by atoms with Gasteiger partial charge >= 0.3 is 0 Å². The summed E-state index contributed by atoms with van der Waals surface area (Å²) in [7, 11) is 0. The number of nitrogens with one attached hydrogen (secondary N) is 1. The Hall–Kier alpha value is -2.37. The van der Waals surface area contributed by atoms with Crippen molar-refractivity contribution < 1.29 is 9.26 Å². The molecular formula is C16H22N4O2. The van der Waals surface area contributed by atoms with Crippen LogP contribution in [0.5, 0.6) is 0 Å². The summed E-state index contributed by atoms with van der Waals surface area (Å²) in [5.41, 5.74) is 2.67. The fraction of sp³-hybridized carbons (Fsp3) is 0.438. The second kappa shape index (κ2) is 7.59. The van der Waals surface area contributed by atoms with E-state index in [2.05, 4.69) is 40.9 Å². The van der Waals surface area contributed by atoms with Crippen LogP contribution >= 0.6 is 0 Å². The summed E-state index contributed by atoms with van der Waals surface area (Å²) >= 11 is 0. The number of aromatic nitrogens is 3. The Kier molecular flexibility index (Phi) is 5.52. The molecule has 0 amide bonds. The molecule has 0 radical (unpaired) electrons. The van der Waals surface area contributed by atoms with E-state index in [1.165, 1.54) is 6.26 Å². The van der Waals surface area contributed by atoms with Crippen LogP contribution < -0.4 is 5.32 Å². The smallest absolute Gasteiger partial charge is 0.222 e. The molecule has 2 aromatic heterocycles. The number of hydrogen-bond donors (Lipinski definition) is 1. The summed E-state index contributed by atoms with van der Waals surface area (Å²) in [6.07, 6.45) is 4.09. The van der Waals surface area contributed by atoms with Gasteiger partial charge in [-0.2, -0.15) is 0 Å². The van der Waals surface area contributed by atoms with Gasteiger partial charge in [-0.15, -0.1) is 0 Å². The van der Waals surface area contributed by atoms with E-state index in [0.29, 0.717) is 18.3 Å². The largest absolute Gasteiger partial charge is 0.502 e. The van der Waals surface area contributed by atoms with Gasteiger partial charge in [-0.3, -0.25) is 0 Å². The Morgan fingerprint density at radius 1 is 1.45 bits per heavy atom. The molecule has 0 saturated heterocycles. The molecule has 0 fully saturated rings. The van der Waals surface area contributed by atoms with Crippen molar-refractivity contribution in [3.63, 3.8) is 0 Å². The summed E-state index contributed by atoms with van der Waals surface area (Å²) in [5.74, 6) is 1.57. The normalized spacial score (nSPS) is 10.7. The summed E-state index contributed by atoms with van der Waals surface area (Å²) < 4.78 is 10.4. The number of anilines is 1. The molecule has 0 aromatic carbocycles. The molecule has 6 nitrogen and oxygen atoms in total. The average Bonchev–Trinajstić information content (AvgIpc) is 2.93. The van der Waals surface area contributed by atoms with E-state index in [9.17, 15) is 0 Å². The molecule has 0 bridgehead atoms. The second-order valence-electron chi connectivity index (χ2n) is 5.30. The maximum atomic E-state index is 5.33. The van der Waals surface area contributed by atoms with Crippen molar-refractivity contribution in [3.8, 4) is 11.3 Å². The maximum absolute atomic E-state index is 5.33. The van der Waals surface area contributed by atoms with Crippen molar-refractivity contribution in [1.29, 1.82) is 0 Å². The lowest BCUT2D eigenvalue weighted by molar-refractivity contribution is 0.249. The number of aryl methyl sites for hydroxylation is 1. The topological polar surface area (TPSA) is 73.1 Å². The van der Waals surface area contributed by atoms with Crippen molar-refractivity contribution in [2.24, 2.45) is 0 Å². The van der Waals surface area contributed by atoms with Crippen molar-refractivity contribution >= 4 is 5.95 Å². The van der Waals surface area contributed by atoms with Crippen molar-refractivity contribution in [3.05, 3.63) is 36.5 Å². The van der Waals surface area contributed by atoms with E-state index >= 15 is 0 Å². The summed E-state index contributed by atoms with van der Waals surface area (Å²) in [5, 5.41) is 7.13. The van der Waals surface area contributed by atoms with Crippen LogP contribution in [0.3, 0.4) is 0 Å². The van der Waals surface area contributed by atoms with E-state index in [1.54, 1.807) is 6.20 Å². The molecule has 0 aliphatic heterocycles. The molecule has 6 heteroatoms. The molecule has 2 aromatic rings. The van der Waals surface area contributed by atoms with Gasteiger partial charge in [0.05, 0.1) is 29.8 Å². The first-order valence-electron chi connectivity index (χ1n) is 7.38. The van der Waals surface area contributed by atoms with Crippen LogP contribution in [-0.4, -0.2) is 28.3 Å². The minimum absolute atomic E-state index is 0.257. The minimum Gasteiger partial charge on any atom is -0.502 e. The highest BCUT2D eigenvalue weighted by Crippen LogP contribution is 2.28. The third-order valence-electron chi connectivity index (χ3n) is 3.10. The standard InChI is InChI=1S/C16H22N4O2/c1-5-21-8-6-7-17-16-18-10-13(15(19-16)11(2)3)14-9-12(4)20-22-14/h5,9-11H,1,6-8H2,2-4H3,(H,17,18,19). The van der Waals surface area contributed by atoms with Crippen LogP contribution in [0.2, 0.25) is 0 Å². The Balaban J connectivity index is 2.11. The predicted molar refractivity (Wildman–Crippen MR) is 85.6 cm³/mol. The van der Waals surface area contributed by atoms with Crippen LogP contribution in [0.15, 0.2) is 29.6 Å². The molecule has 2 heterocycles. The zero-order chi connectivity index (χ0) is 15.9. The lowest BCUT2D eigenvalue weighted by Gasteiger charge is -2.12. The van der Waals surface area contributed by atoms with Crippen molar-refractivity contribution in [2.75, 3.05) is 18.5 Å². The molecule has 118 valence electrons. The van der Waals surface area contributed by atoms with Gasteiger partial charge in [0.1, 0.15) is 0 Å². The predicted octanol–water partition coefficient (Wildman–Crippen LogP) is 3.53. The van der Waals surface area contributed by atoms with Gasteiger partial charge in [-0.1, -0.05) is 25.6 Å². The van der Waals surface area contributed by atoms with E-state index in [0.717, 1.165) is 29.9 Å². The molecular weight excluding hydrogens is 280 g/mol. The van der Waals surface area contributed by atoms with Gasteiger partial charge < -0.3 is 14.6 Å². The fourth-order valence-electron chi connectivity index (χ4n) is 2.04. The van der Waals surface area contributed by atoms with E-state index in [1.807, 2.05) is 13.0 Å². The highest BCUT2D eigenvalue weighted by atomic mass is 16.5. The Bertz CT molecular complexity index is 622. The highest BCUT2D eigenvalue weighted by molar-refractivity contribution is 5.61. The fourth-order valence-corrected chi connectivity index (χ4v) is 2.04. The molecule has 0 spiro atoms. The molecule has 2 rings (SSSR count). The number of ether oxygens (including phenoxy) is 1. The maximum Gasteiger partial charge on any atom is 0.222 e. The Morgan fingerprint density at radius 2 is 2.27 bits per heavy atom. The van der Waals surface area contributed by atoms with Gasteiger partial charge in [0.15, 0.2) is 5.76 Å². The molecule has 1 N–H and O–H groups in total. The quantitative estimate of drug-likeness (QED) is 0.594. The number of nitrogens with zero attached hydrogens (tertiary/aromatic N) is 3. The zero-order valence-corrected chi connectivity index (χ0v) is 13.3. The molecule has 22 heavy (non-hydrogen) atoms. The molecule has 0 aliphatic carbocycles. The third-order valence-corrected chi connectivity index (χ3v) is 3.10. The SMILES string of the molecule is C=COCCCNc1ncc(-c2cc(C)no2)c(C(C)C)n1. The van der Waals surface area contributed by atoms with Gasteiger partial charge in [0.25, 0.3) is 0 Å². The molecule has 0 atom stereocenters. The highest BCUT2D eigenvalue weighted by Gasteiger charge is 2.15. The summed E-state index contributed by atoms with van der Waals surface area (Å²) in [6, 6.07) is 1.89. The third kappa shape index (κ3) is 4.07. The van der Waals surface area contributed by atoms with Crippen molar-refractivity contribution in [1.82, 2.24) is 15.1 Å². The van der Waals surface area contributed by atoms with Gasteiger partial charge in [0.2, 0.25) is 5.95 Å². The van der Waals surface area contributed by atoms with Crippen LogP contribution in [0.1, 0.15) is 37.6 Å². The molecule has 0 aliphatic rings. The van der Waals surface area contributed by atoms with E-state index < -0.39 is 0 Å². The van der Waals surface area contributed by atoms with Gasteiger partial charge in [-0.25, -0.2) is 9.97 Å². The van der Waals surface area contributed by atoms with E-state index in [4.69, 9.17) is 9.26 Å². The Labute approximate surface area is 130 Å². The van der Waals surface area contributed by atoms with E-state index in [-0.39, 0.29) is 5.92 Å². The monoisotopic (exact) mass is 302 g/mol. The van der Waals surface area contributed by atoms with Gasteiger partial charge in [-0.05, 0) is 19.3 Å².